The van der Waals surface area contributed by atoms with E-state index in [2.05, 4.69) is 240 Å². The molecule has 2 heteroatoms. The second kappa shape index (κ2) is 14.4. The molecule has 0 spiro atoms. The zero-order valence-electron chi connectivity index (χ0n) is 30.8. The molecule has 0 aliphatic heterocycles. The molecule has 0 amide bonds. The minimum absolute atomic E-state index is 1.09. The fourth-order valence-corrected chi connectivity index (χ4v) is 8.16. The molecule has 0 aliphatic rings. The van der Waals surface area contributed by atoms with Crippen LogP contribution in [0.15, 0.2) is 231 Å². The van der Waals surface area contributed by atoms with E-state index in [0.29, 0.717) is 0 Å². The molecule has 2 nitrogen and oxygen atoms in total. The van der Waals surface area contributed by atoms with E-state index in [1.165, 1.54) is 60.8 Å². The van der Waals surface area contributed by atoms with Crippen LogP contribution in [0.5, 0.6) is 0 Å². The quantitative estimate of drug-likeness (QED) is 0.152. The highest BCUT2D eigenvalue weighted by molar-refractivity contribution is 6.10. The predicted octanol–water partition coefficient (Wildman–Crippen LogP) is 14.9. The van der Waals surface area contributed by atoms with Crippen molar-refractivity contribution in [3.63, 3.8) is 0 Å². The molecular formula is C54H38N2. The van der Waals surface area contributed by atoms with Gasteiger partial charge in [-0.15, -0.1) is 0 Å². The summed E-state index contributed by atoms with van der Waals surface area (Å²) >= 11 is 0. The number of hydrogen-bond donors (Lipinski definition) is 0. The molecule has 0 saturated heterocycles. The molecule has 0 N–H and O–H groups in total. The van der Waals surface area contributed by atoms with Gasteiger partial charge in [-0.1, -0.05) is 182 Å². The molecule has 1 heterocycles. The largest absolute Gasteiger partial charge is 0.310 e. The Morgan fingerprint density at radius 1 is 0.286 bits per heavy atom. The van der Waals surface area contributed by atoms with Crippen LogP contribution in [-0.4, -0.2) is 4.57 Å². The summed E-state index contributed by atoms with van der Waals surface area (Å²) < 4.78 is 2.41. The molecule has 0 unspecified atom stereocenters. The number of aromatic nitrogens is 1. The summed E-state index contributed by atoms with van der Waals surface area (Å²) in [6, 6.07) is 83.0. The summed E-state index contributed by atoms with van der Waals surface area (Å²) in [4.78, 5) is 2.41. The predicted molar refractivity (Wildman–Crippen MR) is 237 cm³/mol. The molecule has 0 bridgehead atoms. The highest BCUT2D eigenvalue weighted by atomic mass is 15.1. The van der Waals surface area contributed by atoms with Gasteiger partial charge >= 0.3 is 0 Å². The Morgan fingerprint density at radius 3 is 1.39 bits per heavy atom. The third kappa shape index (κ3) is 6.04. The molecule has 0 radical (unpaired) electrons. The zero-order valence-corrected chi connectivity index (χ0v) is 30.8. The monoisotopic (exact) mass is 714 g/mol. The van der Waals surface area contributed by atoms with Crippen LogP contribution in [-0.2, 0) is 0 Å². The van der Waals surface area contributed by atoms with E-state index in [4.69, 9.17) is 0 Å². The maximum Gasteiger partial charge on any atom is 0.0561 e. The van der Waals surface area contributed by atoms with Crippen LogP contribution in [0.2, 0.25) is 0 Å². The smallest absolute Gasteiger partial charge is 0.0561 e. The lowest BCUT2D eigenvalue weighted by Crippen LogP contribution is -2.11. The highest BCUT2D eigenvalue weighted by Gasteiger charge is 2.20. The SMILES string of the molecule is c1ccc(-c2ccc(-n3c4ccccc4c4ccc(N(c5ccc(-c6ccccc6-c6ccccc6)cc5)c5ccccc5-c5ccccc5)cc43)cc2)cc1. The minimum Gasteiger partial charge on any atom is -0.310 e. The lowest BCUT2D eigenvalue weighted by molar-refractivity contribution is 1.18. The van der Waals surface area contributed by atoms with Gasteiger partial charge in [-0.3, -0.25) is 0 Å². The topological polar surface area (TPSA) is 8.17 Å². The average Bonchev–Trinajstić information content (AvgIpc) is 3.61. The molecule has 10 rings (SSSR count). The van der Waals surface area contributed by atoms with Gasteiger partial charge in [0.25, 0.3) is 0 Å². The lowest BCUT2D eigenvalue weighted by Gasteiger charge is -2.28. The normalized spacial score (nSPS) is 11.2. The summed E-state index contributed by atoms with van der Waals surface area (Å²) in [7, 11) is 0. The number of anilines is 3. The van der Waals surface area contributed by atoms with E-state index in [-0.39, 0.29) is 0 Å². The van der Waals surface area contributed by atoms with Crippen molar-refractivity contribution in [2.45, 2.75) is 0 Å². The van der Waals surface area contributed by atoms with Crippen molar-refractivity contribution in [2.75, 3.05) is 4.90 Å². The van der Waals surface area contributed by atoms with Crippen molar-refractivity contribution in [1.82, 2.24) is 4.57 Å². The van der Waals surface area contributed by atoms with Crippen molar-refractivity contribution < 1.29 is 0 Å². The Hall–Kier alpha value is -7.42. The Morgan fingerprint density at radius 2 is 0.732 bits per heavy atom. The van der Waals surface area contributed by atoms with Gasteiger partial charge in [0.15, 0.2) is 0 Å². The maximum absolute atomic E-state index is 2.41. The molecule has 56 heavy (non-hydrogen) atoms. The van der Waals surface area contributed by atoms with Crippen LogP contribution in [0.1, 0.15) is 0 Å². The number of rotatable bonds is 8. The molecular weight excluding hydrogens is 677 g/mol. The Labute approximate surface area is 327 Å². The van der Waals surface area contributed by atoms with Crippen LogP contribution < -0.4 is 4.90 Å². The van der Waals surface area contributed by atoms with E-state index >= 15 is 0 Å². The van der Waals surface area contributed by atoms with Crippen LogP contribution >= 0.6 is 0 Å². The van der Waals surface area contributed by atoms with Gasteiger partial charge in [-0.05, 0) is 87.5 Å². The van der Waals surface area contributed by atoms with Gasteiger partial charge in [0.1, 0.15) is 0 Å². The first-order valence-electron chi connectivity index (χ1n) is 19.2. The third-order valence-electron chi connectivity index (χ3n) is 10.8. The first-order chi connectivity index (χ1) is 27.8. The lowest BCUT2D eigenvalue weighted by atomic mass is 9.94. The van der Waals surface area contributed by atoms with Crippen molar-refractivity contribution in [1.29, 1.82) is 0 Å². The summed E-state index contributed by atoms with van der Waals surface area (Å²) in [6.07, 6.45) is 0. The summed E-state index contributed by atoms with van der Waals surface area (Å²) in [5.74, 6) is 0. The van der Waals surface area contributed by atoms with E-state index in [9.17, 15) is 0 Å². The van der Waals surface area contributed by atoms with Crippen molar-refractivity contribution in [3.8, 4) is 50.2 Å². The summed E-state index contributed by atoms with van der Waals surface area (Å²) in [6.45, 7) is 0. The summed E-state index contributed by atoms with van der Waals surface area (Å²) in [5, 5.41) is 2.46. The molecule has 10 aromatic rings. The second-order valence-corrected chi connectivity index (χ2v) is 14.1. The number of nitrogens with zero attached hydrogens (tertiary/aromatic N) is 2. The molecule has 0 aliphatic carbocycles. The van der Waals surface area contributed by atoms with Gasteiger partial charge in [0.05, 0.1) is 16.7 Å². The van der Waals surface area contributed by atoms with Crippen LogP contribution in [0.4, 0.5) is 17.1 Å². The van der Waals surface area contributed by atoms with Gasteiger partial charge in [-0.25, -0.2) is 0 Å². The standard InChI is InChI=1S/C54H38N2/c1-4-16-39(17-5-1)40-28-32-45(33-29-40)56-53-27-15-13-25-50(53)51-37-36-46(38-54(51)56)55(52-26-14-12-24-49(52)42-20-8-3-9-21-42)44-34-30-43(31-35-44)48-23-11-10-22-47(48)41-18-6-2-7-19-41/h1-38H. The van der Waals surface area contributed by atoms with Gasteiger partial charge in [0.2, 0.25) is 0 Å². The van der Waals surface area contributed by atoms with Gasteiger partial charge in [0, 0.05) is 33.4 Å². The first kappa shape index (κ1) is 33.2. The van der Waals surface area contributed by atoms with E-state index in [0.717, 1.165) is 28.3 Å². The maximum atomic E-state index is 2.41. The van der Waals surface area contributed by atoms with Gasteiger partial charge < -0.3 is 9.47 Å². The molecule has 9 aromatic carbocycles. The fraction of sp³-hybridized carbons (Fsp3) is 0. The fourth-order valence-electron chi connectivity index (χ4n) is 8.16. The number of hydrogen-bond acceptors (Lipinski definition) is 1. The number of benzene rings is 9. The molecule has 0 saturated carbocycles. The molecule has 0 atom stereocenters. The Balaban J connectivity index is 1.15. The number of para-hydroxylation sites is 2. The first-order valence-corrected chi connectivity index (χ1v) is 19.2. The third-order valence-corrected chi connectivity index (χ3v) is 10.8. The van der Waals surface area contributed by atoms with Crippen molar-refractivity contribution >= 4 is 38.9 Å². The second-order valence-electron chi connectivity index (χ2n) is 14.1. The van der Waals surface area contributed by atoms with Crippen LogP contribution in [0.3, 0.4) is 0 Å². The molecule has 0 fully saturated rings. The van der Waals surface area contributed by atoms with Gasteiger partial charge in [-0.2, -0.15) is 0 Å². The zero-order chi connectivity index (χ0) is 37.3. The molecule has 264 valence electrons. The Kier molecular flexibility index (Phi) is 8.55. The highest BCUT2D eigenvalue weighted by Crippen LogP contribution is 2.44. The van der Waals surface area contributed by atoms with E-state index in [1.54, 1.807) is 0 Å². The van der Waals surface area contributed by atoms with Crippen LogP contribution in [0.25, 0.3) is 72.0 Å². The Bertz CT molecular complexity index is 2930. The van der Waals surface area contributed by atoms with Crippen molar-refractivity contribution in [3.05, 3.63) is 231 Å². The van der Waals surface area contributed by atoms with E-state index < -0.39 is 0 Å². The van der Waals surface area contributed by atoms with Crippen molar-refractivity contribution in [2.24, 2.45) is 0 Å². The summed E-state index contributed by atoms with van der Waals surface area (Å²) in [5.41, 5.74) is 16.4. The van der Waals surface area contributed by atoms with Crippen LogP contribution in [0, 0.1) is 0 Å². The average molecular weight is 715 g/mol. The number of fused-ring (bicyclic) bond motifs is 3. The van der Waals surface area contributed by atoms with E-state index in [1.807, 2.05) is 0 Å². The minimum atomic E-state index is 1.09. The molecule has 1 aromatic heterocycles.